The summed E-state index contributed by atoms with van der Waals surface area (Å²) in [5.74, 6) is 0.604. The summed E-state index contributed by atoms with van der Waals surface area (Å²) in [5, 5.41) is 6.48. The van der Waals surface area contributed by atoms with Crippen molar-refractivity contribution in [1.82, 2.24) is 19.9 Å². The second-order valence-electron chi connectivity index (χ2n) is 5.33. The zero-order chi connectivity index (χ0) is 13.2. The van der Waals surface area contributed by atoms with Gasteiger partial charge in [0.15, 0.2) is 5.65 Å². The van der Waals surface area contributed by atoms with Crippen molar-refractivity contribution < 1.29 is 0 Å². The van der Waals surface area contributed by atoms with Gasteiger partial charge in [0, 0.05) is 23.5 Å². The zero-order valence-electron chi connectivity index (χ0n) is 11.3. The SMILES string of the molecule is CCc1cc2nc(CC3CCCNC3)cc(=O)n2[nH]1. The fourth-order valence-electron chi connectivity index (χ4n) is 2.77. The summed E-state index contributed by atoms with van der Waals surface area (Å²) in [6.07, 6.45) is 4.22. The molecule has 3 heterocycles. The molecule has 2 N–H and O–H groups in total. The van der Waals surface area contributed by atoms with Crippen LogP contribution in [0, 0.1) is 5.92 Å². The summed E-state index contributed by atoms with van der Waals surface area (Å²) in [6, 6.07) is 3.63. The highest BCUT2D eigenvalue weighted by Gasteiger charge is 2.15. The average Bonchev–Trinajstić information content (AvgIpc) is 2.83. The predicted molar refractivity (Wildman–Crippen MR) is 74.5 cm³/mol. The number of nitrogens with one attached hydrogen (secondary N) is 2. The summed E-state index contributed by atoms with van der Waals surface area (Å²) in [5.41, 5.74) is 2.69. The molecule has 1 saturated heterocycles. The van der Waals surface area contributed by atoms with Gasteiger partial charge in [0.2, 0.25) is 0 Å². The van der Waals surface area contributed by atoms with E-state index < -0.39 is 0 Å². The lowest BCUT2D eigenvalue weighted by atomic mass is 9.95. The molecule has 0 bridgehead atoms. The summed E-state index contributed by atoms with van der Waals surface area (Å²) < 4.78 is 1.53. The highest BCUT2D eigenvalue weighted by molar-refractivity contribution is 5.39. The van der Waals surface area contributed by atoms with Crippen LogP contribution < -0.4 is 10.9 Å². The lowest BCUT2D eigenvalue weighted by Crippen LogP contribution is -2.31. The molecule has 0 amide bonds. The number of aryl methyl sites for hydroxylation is 1. The first-order valence-electron chi connectivity index (χ1n) is 7.07. The van der Waals surface area contributed by atoms with Crippen LogP contribution in [0.4, 0.5) is 0 Å². The summed E-state index contributed by atoms with van der Waals surface area (Å²) in [7, 11) is 0. The van der Waals surface area contributed by atoms with E-state index in [-0.39, 0.29) is 5.56 Å². The Hall–Kier alpha value is -1.62. The molecule has 0 spiro atoms. The van der Waals surface area contributed by atoms with Crippen LogP contribution in [0.25, 0.3) is 5.65 Å². The van der Waals surface area contributed by atoms with Crippen LogP contribution in [-0.4, -0.2) is 27.7 Å². The number of fused-ring (bicyclic) bond motifs is 1. The number of H-pyrrole nitrogens is 1. The minimum atomic E-state index is -0.0107. The van der Waals surface area contributed by atoms with E-state index in [1.165, 1.54) is 17.4 Å². The molecule has 1 unspecified atom stereocenters. The second-order valence-corrected chi connectivity index (χ2v) is 5.33. The normalized spacial score (nSPS) is 19.9. The van der Waals surface area contributed by atoms with Crippen LogP contribution in [0.2, 0.25) is 0 Å². The maximum Gasteiger partial charge on any atom is 0.272 e. The second kappa shape index (κ2) is 5.17. The molecule has 0 saturated carbocycles. The lowest BCUT2D eigenvalue weighted by Gasteiger charge is -2.22. The van der Waals surface area contributed by atoms with Crippen LogP contribution in [0.3, 0.4) is 0 Å². The molecule has 102 valence electrons. The van der Waals surface area contributed by atoms with E-state index in [9.17, 15) is 4.79 Å². The smallest absolute Gasteiger partial charge is 0.272 e. The highest BCUT2D eigenvalue weighted by Crippen LogP contribution is 2.15. The predicted octanol–water partition coefficient (Wildman–Crippen LogP) is 1.13. The Balaban J connectivity index is 1.89. The molecule has 0 aliphatic carbocycles. The van der Waals surface area contributed by atoms with Crippen molar-refractivity contribution >= 4 is 5.65 Å². The van der Waals surface area contributed by atoms with Crippen molar-refractivity contribution in [3.63, 3.8) is 0 Å². The van der Waals surface area contributed by atoms with Gasteiger partial charge < -0.3 is 5.32 Å². The molecule has 5 nitrogen and oxygen atoms in total. The molecule has 1 fully saturated rings. The standard InChI is InChI=1S/C14H20N4O/c1-2-11-7-13-16-12(8-14(19)18(13)17-11)6-10-4-3-5-15-9-10/h7-8,10,15,17H,2-6,9H2,1H3. The minimum absolute atomic E-state index is 0.0107. The van der Waals surface area contributed by atoms with Gasteiger partial charge in [-0.3, -0.25) is 9.89 Å². The van der Waals surface area contributed by atoms with Gasteiger partial charge in [0.05, 0.1) is 0 Å². The van der Waals surface area contributed by atoms with E-state index in [0.29, 0.717) is 5.92 Å². The summed E-state index contributed by atoms with van der Waals surface area (Å²) in [6.45, 7) is 4.21. The minimum Gasteiger partial charge on any atom is -0.316 e. The van der Waals surface area contributed by atoms with Gasteiger partial charge in [-0.05, 0) is 44.7 Å². The fraction of sp³-hybridized carbons (Fsp3) is 0.571. The first kappa shape index (κ1) is 12.4. The summed E-state index contributed by atoms with van der Waals surface area (Å²) >= 11 is 0. The molecule has 1 atom stereocenters. The van der Waals surface area contributed by atoms with Gasteiger partial charge >= 0.3 is 0 Å². The Kier molecular flexibility index (Phi) is 3.38. The van der Waals surface area contributed by atoms with Gasteiger partial charge in [-0.1, -0.05) is 6.92 Å². The third-order valence-corrected chi connectivity index (χ3v) is 3.83. The highest BCUT2D eigenvalue weighted by atomic mass is 16.1. The van der Waals surface area contributed by atoms with E-state index in [1.54, 1.807) is 6.07 Å². The van der Waals surface area contributed by atoms with E-state index in [2.05, 4.69) is 22.3 Å². The number of hydrogen-bond donors (Lipinski definition) is 2. The molecule has 3 rings (SSSR count). The van der Waals surface area contributed by atoms with Gasteiger partial charge in [-0.15, -0.1) is 0 Å². The Labute approximate surface area is 112 Å². The number of hydrogen-bond acceptors (Lipinski definition) is 3. The Morgan fingerprint density at radius 2 is 2.37 bits per heavy atom. The van der Waals surface area contributed by atoms with Crippen molar-refractivity contribution in [3.05, 3.63) is 33.9 Å². The van der Waals surface area contributed by atoms with E-state index >= 15 is 0 Å². The third kappa shape index (κ3) is 2.56. The molecule has 1 aliphatic rings. The number of aromatic nitrogens is 3. The monoisotopic (exact) mass is 260 g/mol. The zero-order valence-corrected chi connectivity index (χ0v) is 11.3. The maximum atomic E-state index is 12.0. The molecular formula is C14H20N4O. The topological polar surface area (TPSA) is 62.2 Å². The van der Waals surface area contributed by atoms with Crippen LogP contribution in [0.1, 0.15) is 31.2 Å². The molecule has 0 aromatic carbocycles. The van der Waals surface area contributed by atoms with Gasteiger partial charge in [-0.2, -0.15) is 0 Å². The van der Waals surface area contributed by atoms with Crippen molar-refractivity contribution in [2.75, 3.05) is 13.1 Å². The Bertz CT molecular complexity index is 622. The van der Waals surface area contributed by atoms with Gasteiger partial charge in [-0.25, -0.2) is 9.50 Å². The molecule has 2 aromatic heterocycles. The first-order chi connectivity index (χ1) is 9.26. The fourth-order valence-corrected chi connectivity index (χ4v) is 2.77. The lowest BCUT2D eigenvalue weighted by molar-refractivity contribution is 0.373. The maximum absolute atomic E-state index is 12.0. The molecule has 2 aromatic rings. The average molecular weight is 260 g/mol. The molecule has 0 radical (unpaired) electrons. The van der Waals surface area contributed by atoms with Crippen LogP contribution in [0.5, 0.6) is 0 Å². The largest absolute Gasteiger partial charge is 0.316 e. The third-order valence-electron chi connectivity index (χ3n) is 3.83. The van der Waals surface area contributed by atoms with E-state index in [1.807, 2.05) is 6.07 Å². The van der Waals surface area contributed by atoms with Crippen LogP contribution >= 0.6 is 0 Å². The van der Waals surface area contributed by atoms with Gasteiger partial charge in [0.1, 0.15) is 0 Å². The molecule has 1 aliphatic heterocycles. The van der Waals surface area contributed by atoms with Crippen molar-refractivity contribution in [3.8, 4) is 0 Å². The van der Waals surface area contributed by atoms with Crippen molar-refractivity contribution in [1.29, 1.82) is 0 Å². The van der Waals surface area contributed by atoms with Gasteiger partial charge in [0.25, 0.3) is 5.56 Å². The van der Waals surface area contributed by atoms with Crippen molar-refractivity contribution in [2.24, 2.45) is 5.92 Å². The number of piperidine rings is 1. The Morgan fingerprint density at radius 1 is 1.47 bits per heavy atom. The molecular weight excluding hydrogens is 240 g/mol. The van der Waals surface area contributed by atoms with E-state index in [4.69, 9.17) is 0 Å². The first-order valence-corrected chi connectivity index (χ1v) is 7.07. The summed E-state index contributed by atoms with van der Waals surface area (Å²) in [4.78, 5) is 16.6. The van der Waals surface area contributed by atoms with E-state index in [0.717, 1.165) is 43.0 Å². The van der Waals surface area contributed by atoms with Crippen molar-refractivity contribution in [2.45, 2.75) is 32.6 Å². The number of aromatic amines is 1. The van der Waals surface area contributed by atoms with Crippen LogP contribution in [-0.2, 0) is 12.8 Å². The quantitative estimate of drug-likeness (QED) is 0.869. The van der Waals surface area contributed by atoms with Crippen LogP contribution in [0.15, 0.2) is 16.9 Å². The number of rotatable bonds is 3. The molecule has 19 heavy (non-hydrogen) atoms. The number of nitrogens with zero attached hydrogens (tertiary/aromatic N) is 2. The Morgan fingerprint density at radius 3 is 3.11 bits per heavy atom. The molecule has 5 heteroatoms.